The van der Waals surface area contributed by atoms with E-state index in [0.29, 0.717) is 12.5 Å². The Morgan fingerprint density at radius 3 is 2.56 bits per heavy atom. The number of hydrogen-bond donors (Lipinski definition) is 2. The van der Waals surface area contributed by atoms with Crippen molar-refractivity contribution in [3.63, 3.8) is 0 Å². The first-order chi connectivity index (χ1) is 7.54. The number of nitrogens with one attached hydrogen (secondary N) is 1. The van der Waals surface area contributed by atoms with Gasteiger partial charge in [0.2, 0.25) is 5.91 Å². The van der Waals surface area contributed by atoms with Crippen LogP contribution in [0.3, 0.4) is 0 Å². The molecule has 5 nitrogen and oxygen atoms in total. The number of hydrogen-bond acceptors (Lipinski definition) is 3. The van der Waals surface area contributed by atoms with E-state index in [1.54, 1.807) is 11.9 Å². The number of carboxylic acids is 1. The van der Waals surface area contributed by atoms with Crippen molar-refractivity contribution in [3.8, 4) is 0 Å². The van der Waals surface area contributed by atoms with Gasteiger partial charge in [0.1, 0.15) is 6.04 Å². The fourth-order valence-electron chi connectivity index (χ4n) is 1.64. The largest absolute Gasteiger partial charge is 0.480 e. The number of rotatable bonds is 7. The van der Waals surface area contributed by atoms with Crippen LogP contribution in [0.2, 0.25) is 0 Å². The summed E-state index contributed by atoms with van der Waals surface area (Å²) in [5.41, 5.74) is 0. The summed E-state index contributed by atoms with van der Waals surface area (Å²) in [5, 5.41) is 11.9. The third-order valence-corrected chi connectivity index (χ3v) is 2.71. The fraction of sp³-hybridized carbons (Fsp3) is 0.818. The van der Waals surface area contributed by atoms with E-state index in [-0.39, 0.29) is 12.5 Å². The highest BCUT2D eigenvalue weighted by Crippen LogP contribution is 2.18. The molecule has 0 heterocycles. The second-order valence-corrected chi connectivity index (χ2v) is 4.40. The van der Waals surface area contributed by atoms with Gasteiger partial charge in [-0.25, -0.2) is 0 Å². The van der Waals surface area contributed by atoms with E-state index in [1.165, 1.54) is 0 Å². The summed E-state index contributed by atoms with van der Waals surface area (Å²) in [6, 6.07) is -0.231. The van der Waals surface area contributed by atoms with E-state index in [0.717, 1.165) is 19.3 Å². The number of likely N-dealkylation sites (N-methyl/N-ethyl adjacent to an activating group) is 1. The van der Waals surface area contributed by atoms with Crippen LogP contribution in [-0.4, -0.2) is 47.6 Å². The third kappa shape index (κ3) is 4.18. The molecule has 1 aliphatic rings. The molecule has 1 rings (SSSR count). The van der Waals surface area contributed by atoms with Gasteiger partial charge in [0.05, 0.1) is 6.54 Å². The first-order valence-electron chi connectivity index (χ1n) is 5.77. The molecule has 1 atom stereocenters. The second kappa shape index (κ2) is 5.84. The molecule has 0 radical (unpaired) electrons. The number of nitrogens with zero attached hydrogens (tertiary/aromatic N) is 1. The van der Waals surface area contributed by atoms with Gasteiger partial charge < -0.3 is 10.4 Å². The maximum Gasteiger partial charge on any atom is 0.320 e. The van der Waals surface area contributed by atoms with E-state index in [1.807, 2.05) is 6.92 Å². The predicted octanol–water partition coefficient (Wildman–Crippen LogP) is 0.450. The van der Waals surface area contributed by atoms with E-state index < -0.39 is 12.0 Å². The van der Waals surface area contributed by atoms with Crippen LogP contribution in [0.1, 0.15) is 32.6 Å². The van der Waals surface area contributed by atoms with Gasteiger partial charge in [-0.1, -0.05) is 13.3 Å². The van der Waals surface area contributed by atoms with Gasteiger partial charge >= 0.3 is 5.97 Å². The molecule has 92 valence electrons. The van der Waals surface area contributed by atoms with Crippen LogP contribution < -0.4 is 5.32 Å². The van der Waals surface area contributed by atoms with Crippen molar-refractivity contribution in [1.82, 2.24) is 10.2 Å². The van der Waals surface area contributed by atoms with Gasteiger partial charge in [-0.3, -0.25) is 14.5 Å². The highest BCUT2D eigenvalue weighted by Gasteiger charge is 2.26. The Morgan fingerprint density at radius 2 is 2.12 bits per heavy atom. The van der Waals surface area contributed by atoms with Crippen LogP contribution in [0.15, 0.2) is 0 Å². The molecule has 16 heavy (non-hydrogen) atoms. The topological polar surface area (TPSA) is 69.6 Å². The molecular formula is C11H20N2O3. The number of carbonyl (C=O) groups is 2. The molecule has 2 N–H and O–H groups in total. The minimum atomic E-state index is -0.858. The maximum atomic E-state index is 11.5. The Hall–Kier alpha value is -1.10. The van der Waals surface area contributed by atoms with Crippen LogP contribution in [0.5, 0.6) is 0 Å². The molecule has 0 spiro atoms. The molecule has 0 aliphatic heterocycles. The van der Waals surface area contributed by atoms with Gasteiger partial charge in [-0.15, -0.1) is 0 Å². The lowest BCUT2D eigenvalue weighted by Gasteiger charge is -2.23. The first-order valence-corrected chi connectivity index (χ1v) is 5.77. The van der Waals surface area contributed by atoms with Gasteiger partial charge in [0.25, 0.3) is 0 Å². The van der Waals surface area contributed by atoms with Crippen LogP contribution in [-0.2, 0) is 9.59 Å². The standard InChI is InChI=1S/C11H20N2O3/c1-3-4-9(11(15)16)13(2)7-10(14)12-8-5-6-8/h8-9H,3-7H2,1-2H3,(H,12,14)(H,15,16). The molecule has 1 saturated carbocycles. The second-order valence-electron chi connectivity index (χ2n) is 4.40. The van der Waals surface area contributed by atoms with Crippen LogP contribution in [0, 0.1) is 0 Å². The Kier molecular flexibility index (Phi) is 4.73. The zero-order chi connectivity index (χ0) is 12.1. The van der Waals surface area contributed by atoms with Crippen molar-refractivity contribution in [3.05, 3.63) is 0 Å². The average Bonchev–Trinajstić information content (AvgIpc) is 2.96. The Morgan fingerprint density at radius 1 is 1.50 bits per heavy atom. The molecule has 0 aromatic rings. The Labute approximate surface area is 95.8 Å². The minimum absolute atomic E-state index is 0.0765. The molecule has 0 bridgehead atoms. The number of amides is 1. The van der Waals surface area contributed by atoms with Gasteiger partial charge in [-0.05, 0) is 26.3 Å². The smallest absolute Gasteiger partial charge is 0.320 e. The lowest BCUT2D eigenvalue weighted by Crippen LogP contribution is -2.44. The third-order valence-electron chi connectivity index (χ3n) is 2.71. The minimum Gasteiger partial charge on any atom is -0.480 e. The van der Waals surface area contributed by atoms with Gasteiger partial charge in [0, 0.05) is 6.04 Å². The van der Waals surface area contributed by atoms with Crippen molar-refractivity contribution in [2.45, 2.75) is 44.7 Å². The molecule has 0 aromatic carbocycles. The van der Waals surface area contributed by atoms with E-state index >= 15 is 0 Å². The summed E-state index contributed by atoms with van der Waals surface area (Å²) in [4.78, 5) is 24.1. The van der Waals surface area contributed by atoms with Crippen molar-refractivity contribution in [2.24, 2.45) is 0 Å². The zero-order valence-corrected chi connectivity index (χ0v) is 9.90. The highest BCUT2D eigenvalue weighted by atomic mass is 16.4. The summed E-state index contributed by atoms with van der Waals surface area (Å²) in [5.74, 6) is -0.934. The molecule has 1 aliphatic carbocycles. The molecule has 0 aromatic heterocycles. The maximum absolute atomic E-state index is 11.5. The molecule has 5 heteroatoms. The number of aliphatic carboxylic acids is 1. The molecule has 1 fully saturated rings. The Bertz CT molecular complexity index is 264. The lowest BCUT2D eigenvalue weighted by atomic mass is 10.1. The van der Waals surface area contributed by atoms with Crippen molar-refractivity contribution < 1.29 is 14.7 Å². The first kappa shape index (κ1) is 13.0. The number of carboxylic acid groups (broad SMARTS) is 1. The normalized spacial score (nSPS) is 17.2. The van der Waals surface area contributed by atoms with Crippen molar-refractivity contribution >= 4 is 11.9 Å². The lowest BCUT2D eigenvalue weighted by molar-refractivity contribution is -0.143. The summed E-state index contributed by atoms with van der Waals surface area (Å²) < 4.78 is 0. The van der Waals surface area contributed by atoms with Crippen molar-refractivity contribution in [1.29, 1.82) is 0 Å². The van der Waals surface area contributed by atoms with E-state index in [4.69, 9.17) is 5.11 Å². The molecule has 0 saturated heterocycles. The predicted molar refractivity (Wildman–Crippen MR) is 60.1 cm³/mol. The summed E-state index contributed by atoms with van der Waals surface area (Å²) in [6.07, 6.45) is 3.47. The molecule has 1 amide bonds. The SMILES string of the molecule is CCCC(C(=O)O)N(C)CC(=O)NC1CC1. The van der Waals surface area contributed by atoms with E-state index in [9.17, 15) is 9.59 Å². The summed E-state index contributed by atoms with van der Waals surface area (Å²) in [6.45, 7) is 2.10. The number of carbonyl (C=O) groups excluding carboxylic acids is 1. The summed E-state index contributed by atoms with van der Waals surface area (Å²) >= 11 is 0. The van der Waals surface area contributed by atoms with Crippen LogP contribution in [0.25, 0.3) is 0 Å². The van der Waals surface area contributed by atoms with Crippen LogP contribution in [0.4, 0.5) is 0 Å². The van der Waals surface area contributed by atoms with Gasteiger partial charge in [-0.2, -0.15) is 0 Å². The quantitative estimate of drug-likeness (QED) is 0.664. The molecule has 1 unspecified atom stereocenters. The fourth-order valence-corrected chi connectivity index (χ4v) is 1.64. The summed E-state index contributed by atoms with van der Waals surface area (Å²) in [7, 11) is 1.68. The van der Waals surface area contributed by atoms with E-state index in [2.05, 4.69) is 5.32 Å². The average molecular weight is 228 g/mol. The zero-order valence-electron chi connectivity index (χ0n) is 9.90. The van der Waals surface area contributed by atoms with Crippen LogP contribution >= 0.6 is 0 Å². The highest BCUT2D eigenvalue weighted by molar-refractivity contribution is 5.80. The van der Waals surface area contributed by atoms with Gasteiger partial charge in [0.15, 0.2) is 0 Å². The molecular weight excluding hydrogens is 208 g/mol. The Balaban J connectivity index is 2.36. The monoisotopic (exact) mass is 228 g/mol. The van der Waals surface area contributed by atoms with Crippen molar-refractivity contribution in [2.75, 3.05) is 13.6 Å².